The molecule has 1 aromatic rings. The summed E-state index contributed by atoms with van der Waals surface area (Å²) in [4.78, 5) is 20.7. The van der Waals surface area contributed by atoms with Crippen LogP contribution in [0.1, 0.15) is 38.4 Å². The number of hydrogen-bond donors (Lipinski definition) is 1. The summed E-state index contributed by atoms with van der Waals surface area (Å²) in [6.07, 6.45) is 2.28. The lowest BCUT2D eigenvalue weighted by Crippen LogP contribution is -2.58. The standard InChI is InChI=1S/C15H25N5O2/c1-11-16-13(22-18-11)10-19-6-8-20(9-7-19)14(21)17-12-4-5-15(12,2)3/h12H,4-10H2,1-3H3,(H,17,21)/t12-/m1/s1. The van der Waals surface area contributed by atoms with Crippen molar-refractivity contribution in [1.29, 1.82) is 0 Å². The highest BCUT2D eigenvalue weighted by molar-refractivity contribution is 5.74. The normalized spacial score (nSPS) is 24.9. The second-order valence-electron chi connectivity index (χ2n) is 7.03. The number of piperazine rings is 1. The Morgan fingerprint density at radius 1 is 1.36 bits per heavy atom. The number of urea groups is 1. The number of hydrogen-bond acceptors (Lipinski definition) is 5. The van der Waals surface area contributed by atoms with Crippen molar-refractivity contribution in [3.05, 3.63) is 11.7 Å². The maximum atomic E-state index is 12.3. The second kappa shape index (κ2) is 5.87. The van der Waals surface area contributed by atoms with Gasteiger partial charge in [-0.05, 0) is 25.2 Å². The Labute approximate surface area is 131 Å². The van der Waals surface area contributed by atoms with Gasteiger partial charge in [-0.1, -0.05) is 19.0 Å². The summed E-state index contributed by atoms with van der Waals surface area (Å²) in [6, 6.07) is 0.394. The SMILES string of the molecule is Cc1noc(CN2CCN(C(=O)N[C@@H]3CCC3(C)C)CC2)n1. The van der Waals surface area contributed by atoms with E-state index < -0.39 is 0 Å². The molecule has 2 heterocycles. The van der Waals surface area contributed by atoms with Gasteiger partial charge >= 0.3 is 6.03 Å². The van der Waals surface area contributed by atoms with E-state index in [4.69, 9.17) is 4.52 Å². The Morgan fingerprint density at radius 3 is 2.59 bits per heavy atom. The molecule has 1 saturated heterocycles. The molecule has 1 N–H and O–H groups in total. The van der Waals surface area contributed by atoms with Crippen molar-refractivity contribution in [3.63, 3.8) is 0 Å². The average molecular weight is 307 g/mol. The van der Waals surface area contributed by atoms with Crippen molar-refractivity contribution >= 4 is 6.03 Å². The van der Waals surface area contributed by atoms with Gasteiger partial charge in [0.2, 0.25) is 5.89 Å². The highest BCUT2D eigenvalue weighted by atomic mass is 16.5. The van der Waals surface area contributed by atoms with Crippen LogP contribution in [-0.4, -0.2) is 58.2 Å². The van der Waals surface area contributed by atoms with E-state index >= 15 is 0 Å². The van der Waals surface area contributed by atoms with Gasteiger partial charge in [0, 0.05) is 32.2 Å². The molecule has 7 heteroatoms. The topological polar surface area (TPSA) is 74.5 Å². The van der Waals surface area contributed by atoms with Crippen LogP contribution in [0.15, 0.2) is 4.52 Å². The molecule has 1 aliphatic carbocycles. The van der Waals surface area contributed by atoms with Crippen LogP contribution in [0.3, 0.4) is 0 Å². The minimum atomic E-state index is 0.0751. The summed E-state index contributed by atoms with van der Waals surface area (Å²) < 4.78 is 5.14. The first-order valence-electron chi connectivity index (χ1n) is 8.01. The van der Waals surface area contributed by atoms with Gasteiger partial charge in [-0.15, -0.1) is 0 Å². The molecule has 0 spiro atoms. The zero-order valence-corrected chi connectivity index (χ0v) is 13.6. The number of nitrogens with one attached hydrogen (secondary N) is 1. The molecule has 0 radical (unpaired) electrons. The Balaban J connectivity index is 1.44. The zero-order valence-electron chi connectivity index (χ0n) is 13.6. The molecule has 1 aromatic heterocycles. The number of carbonyl (C=O) groups excluding carboxylic acids is 1. The summed E-state index contributed by atoms with van der Waals surface area (Å²) in [5.74, 6) is 1.31. The highest BCUT2D eigenvalue weighted by Gasteiger charge is 2.40. The van der Waals surface area contributed by atoms with E-state index in [1.165, 1.54) is 6.42 Å². The molecular formula is C15H25N5O2. The van der Waals surface area contributed by atoms with E-state index in [2.05, 4.69) is 34.2 Å². The monoisotopic (exact) mass is 307 g/mol. The number of nitrogens with zero attached hydrogens (tertiary/aromatic N) is 4. The Kier molecular flexibility index (Phi) is 4.08. The molecule has 0 unspecified atom stereocenters. The number of aromatic nitrogens is 2. The molecule has 0 bridgehead atoms. The van der Waals surface area contributed by atoms with Crippen molar-refractivity contribution in [1.82, 2.24) is 25.3 Å². The number of carbonyl (C=O) groups is 1. The smallest absolute Gasteiger partial charge is 0.317 e. The molecule has 2 fully saturated rings. The molecule has 2 aliphatic rings. The van der Waals surface area contributed by atoms with Gasteiger partial charge in [-0.2, -0.15) is 4.98 Å². The first-order valence-corrected chi connectivity index (χ1v) is 8.01. The summed E-state index contributed by atoms with van der Waals surface area (Å²) >= 11 is 0. The second-order valence-corrected chi connectivity index (χ2v) is 7.03. The van der Waals surface area contributed by atoms with Crippen LogP contribution in [-0.2, 0) is 6.54 Å². The van der Waals surface area contributed by atoms with Crippen LogP contribution in [0, 0.1) is 12.3 Å². The molecule has 1 aliphatic heterocycles. The van der Waals surface area contributed by atoms with E-state index in [0.29, 0.717) is 24.3 Å². The van der Waals surface area contributed by atoms with Crippen molar-refractivity contribution in [2.75, 3.05) is 26.2 Å². The number of amides is 2. The van der Waals surface area contributed by atoms with Gasteiger partial charge in [-0.3, -0.25) is 4.90 Å². The van der Waals surface area contributed by atoms with Crippen LogP contribution in [0.25, 0.3) is 0 Å². The minimum Gasteiger partial charge on any atom is -0.338 e. The molecule has 1 atom stereocenters. The molecule has 2 amide bonds. The number of rotatable bonds is 3. The zero-order chi connectivity index (χ0) is 15.7. The predicted octanol–water partition coefficient (Wildman–Crippen LogP) is 1.39. The van der Waals surface area contributed by atoms with Crippen molar-refractivity contribution < 1.29 is 9.32 Å². The van der Waals surface area contributed by atoms with Crippen molar-refractivity contribution in [2.24, 2.45) is 5.41 Å². The largest absolute Gasteiger partial charge is 0.338 e. The quantitative estimate of drug-likeness (QED) is 0.913. The Bertz CT molecular complexity index is 534. The van der Waals surface area contributed by atoms with Crippen LogP contribution in [0.5, 0.6) is 0 Å². The lowest BCUT2D eigenvalue weighted by molar-refractivity contribution is 0.0907. The van der Waals surface area contributed by atoms with E-state index in [-0.39, 0.29) is 11.4 Å². The lowest BCUT2D eigenvalue weighted by atomic mass is 9.67. The van der Waals surface area contributed by atoms with E-state index in [9.17, 15) is 4.79 Å². The molecule has 122 valence electrons. The molecule has 3 rings (SSSR count). The molecular weight excluding hydrogens is 282 g/mol. The Morgan fingerprint density at radius 2 is 2.09 bits per heavy atom. The molecule has 1 saturated carbocycles. The van der Waals surface area contributed by atoms with Crippen LogP contribution in [0.2, 0.25) is 0 Å². The summed E-state index contributed by atoms with van der Waals surface area (Å²) in [6.45, 7) is 10.1. The predicted molar refractivity (Wildman–Crippen MR) is 81.2 cm³/mol. The van der Waals surface area contributed by atoms with Crippen LogP contribution in [0.4, 0.5) is 4.79 Å². The van der Waals surface area contributed by atoms with Crippen LogP contribution < -0.4 is 5.32 Å². The molecule has 22 heavy (non-hydrogen) atoms. The Hall–Kier alpha value is -1.63. The maximum Gasteiger partial charge on any atom is 0.317 e. The van der Waals surface area contributed by atoms with Gasteiger partial charge in [0.05, 0.1) is 6.54 Å². The first kappa shape index (κ1) is 15.3. The van der Waals surface area contributed by atoms with E-state index in [1.807, 2.05) is 11.8 Å². The van der Waals surface area contributed by atoms with Gasteiger partial charge in [0.25, 0.3) is 0 Å². The third-order valence-electron chi connectivity index (χ3n) is 4.91. The summed E-state index contributed by atoms with van der Waals surface area (Å²) in [5, 5.41) is 6.97. The summed E-state index contributed by atoms with van der Waals surface area (Å²) in [7, 11) is 0. The van der Waals surface area contributed by atoms with Crippen LogP contribution >= 0.6 is 0 Å². The van der Waals surface area contributed by atoms with Gasteiger partial charge in [0.1, 0.15) is 0 Å². The third-order valence-corrected chi connectivity index (χ3v) is 4.91. The fourth-order valence-corrected chi connectivity index (χ4v) is 3.08. The molecule has 7 nitrogen and oxygen atoms in total. The third kappa shape index (κ3) is 3.24. The average Bonchev–Trinajstić information content (AvgIpc) is 2.89. The number of aryl methyl sites for hydroxylation is 1. The maximum absolute atomic E-state index is 12.3. The van der Waals surface area contributed by atoms with E-state index in [1.54, 1.807) is 0 Å². The lowest BCUT2D eigenvalue weighted by Gasteiger charge is -2.46. The fourth-order valence-electron chi connectivity index (χ4n) is 3.08. The van der Waals surface area contributed by atoms with Crippen molar-refractivity contribution in [2.45, 2.75) is 46.2 Å². The molecule has 0 aromatic carbocycles. The van der Waals surface area contributed by atoms with Gasteiger partial charge in [0.15, 0.2) is 5.82 Å². The minimum absolute atomic E-state index is 0.0751. The fraction of sp³-hybridized carbons (Fsp3) is 0.800. The first-order chi connectivity index (χ1) is 10.4. The van der Waals surface area contributed by atoms with Gasteiger partial charge < -0.3 is 14.7 Å². The summed E-state index contributed by atoms with van der Waals surface area (Å²) in [5.41, 5.74) is 0.243. The van der Waals surface area contributed by atoms with E-state index in [0.717, 1.165) is 32.6 Å². The van der Waals surface area contributed by atoms with Crippen molar-refractivity contribution in [3.8, 4) is 0 Å². The van der Waals surface area contributed by atoms with Gasteiger partial charge in [-0.25, -0.2) is 4.79 Å². The highest BCUT2D eigenvalue weighted by Crippen LogP contribution is 2.39.